The van der Waals surface area contributed by atoms with Crippen molar-refractivity contribution in [1.29, 1.82) is 0 Å². The Hall–Kier alpha value is -2.74. The number of carbonyl (C=O) groups excluding carboxylic acids is 1. The van der Waals surface area contributed by atoms with Gasteiger partial charge < -0.3 is 14.6 Å². The highest BCUT2D eigenvalue weighted by Gasteiger charge is 2.17. The van der Waals surface area contributed by atoms with E-state index in [-0.39, 0.29) is 12.3 Å². The zero-order valence-electron chi connectivity index (χ0n) is 14.4. The molecule has 0 atom stereocenters. The number of hydrogen-bond acceptors (Lipinski definition) is 6. The third-order valence-electron chi connectivity index (χ3n) is 4.36. The van der Waals surface area contributed by atoms with Gasteiger partial charge >= 0.3 is 0 Å². The van der Waals surface area contributed by atoms with Crippen molar-refractivity contribution in [2.24, 2.45) is 0 Å². The van der Waals surface area contributed by atoms with Gasteiger partial charge in [-0.15, -0.1) is 21.5 Å². The number of amides is 1. The molecule has 0 bridgehead atoms. The number of rotatable bonds is 6. The van der Waals surface area contributed by atoms with Crippen molar-refractivity contribution in [1.82, 2.24) is 25.1 Å². The standard InChI is InChI=1S/C18H19N5O2S/c1-25-14-6-4-12(5-7-14)18-20-13(11-26-18)9-17(24)19-10-16-22-21-15-3-2-8-23(15)16/h4-7,11H,2-3,8-10H2,1H3,(H,19,24). The van der Waals surface area contributed by atoms with Gasteiger partial charge in [-0.1, -0.05) is 0 Å². The van der Waals surface area contributed by atoms with Crippen LogP contribution in [0.5, 0.6) is 5.75 Å². The number of aromatic nitrogens is 4. The van der Waals surface area contributed by atoms with Crippen LogP contribution in [0, 0.1) is 0 Å². The summed E-state index contributed by atoms with van der Waals surface area (Å²) in [6.07, 6.45) is 2.32. The zero-order valence-corrected chi connectivity index (χ0v) is 15.3. The first-order chi connectivity index (χ1) is 12.7. The number of nitrogens with zero attached hydrogens (tertiary/aromatic N) is 4. The Morgan fingerprint density at radius 3 is 2.96 bits per heavy atom. The Bertz CT molecular complexity index is 916. The second-order valence-electron chi connectivity index (χ2n) is 6.11. The van der Waals surface area contributed by atoms with Crippen molar-refractivity contribution < 1.29 is 9.53 Å². The van der Waals surface area contributed by atoms with Gasteiger partial charge in [0.15, 0.2) is 5.82 Å². The van der Waals surface area contributed by atoms with E-state index in [0.29, 0.717) is 6.54 Å². The summed E-state index contributed by atoms with van der Waals surface area (Å²) in [4.78, 5) is 16.8. The summed E-state index contributed by atoms with van der Waals surface area (Å²) >= 11 is 1.53. The molecule has 7 nitrogen and oxygen atoms in total. The normalized spacial score (nSPS) is 12.8. The van der Waals surface area contributed by atoms with Gasteiger partial charge in [-0.2, -0.15) is 0 Å². The fourth-order valence-corrected chi connectivity index (χ4v) is 3.83. The maximum Gasteiger partial charge on any atom is 0.226 e. The molecule has 1 aliphatic rings. The van der Waals surface area contributed by atoms with Gasteiger partial charge in [0.2, 0.25) is 5.91 Å². The van der Waals surface area contributed by atoms with Crippen LogP contribution in [0.15, 0.2) is 29.6 Å². The quantitative estimate of drug-likeness (QED) is 0.720. The molecule has 0 unspecified atom stereocenters. The molecule has 134 valence electrons. The monoisotopic (exact) mass is 369 g/mol. The lowest BCUT2D eigenvalue weighted by atomic mass is 10.2. The van der Waals surface area contributed by atoms with Crippen LogP contribution in [-0.4, -0.2) is 32.8 Å². The minimum absolute atomic E-state index is 0.0630. The number of aryl methyl sites for hydroxylation is 1. The lowest BCUT2D eigenvalue weighted by Gasteiger charge is -2.05. The van der Waals surface area contributed by atoms with Crippen molar-refractivity contribution in [3.63, 3.8) is 0 Å². The molecule has 0 aliphatic carbocycles. The summed E-state index contributed by atoms with van der Waals surface area (Å²) in [5.41, 5.74) is 1.78. The summed E-state index contributed by atoms with van der Waals surface area (Å²) in [6.45, 7) is 1.34. The Balaban J connectivity index is 1.35. The molecule has 1 aliphatic heterocycles. The highest BCUT2D eigenvalue weighted by atomic mass is 32.1. The van der Waals surface area contributed by atoms with Crippen molar-refractivity contribution >= 4 is 17.2 Å². The minimum Gasteiger partial charge on any atom is -0.497 e. The van der Waals surface area contributed by atoms with Crippen LogP contribution in [0.1, 0.15) is 23.8 Å². The number of ether oxygens (including phenoxy) is 1. The van der Waals surface area contributed by atoms with E-state index in [1.807, 2.05) is 29.6 Å². The third-order valence-corrected chi connectivity index (χ3v) is 5.30. The van der Waals surface area contributed by atoms with Crippen molar-refractivity contribution in [3.8, 4) is 16.3 Å². The molecular weight excluding hydrogens is 350 g/mol. The molecule has 3 aromatic rings. The molecule has 2 aromatic heterocycles. The van der Waals surface area contributed by atoms with E-state index in [1.165, 1.54) is 11.3 Å². The first-order valence-corrected chi connectivity index (χ1v) is 9.37. The maximum atomic E-state index is 12.2. The second-order valence-corrected chi connectivity index (χ2v) is 6.97. The highest BCUT2D eigenvalue weighted by Crippen LogP contribution is 2.25. The summed E-state index contributed by atoms with van der Waals surface area (Å²) in [6, 6.07) is 7.74. The Morgan fingerprint density at radius 1 is 1.31 bits per heavy atom. The smallest absolute Gasteiger partial charge is 0.226 e. The predicted octanol–water partition coefficient (Wildman–Crippen LogP) is 2.22. The number of benzene rings is 1. The second kappa shape index (κ2) is 7.25. The molecular formula is C18H19N5O2S. The van der Waals surface area contributed by atoms with Crippen molar-refractivity contribution in [2.45, 2.75) is 32.4 Å². The Morgan fingerprint density at radius 2 is 2.15 bits per heavy atom. The van der Waals surface area contributed by atoms with Gasteiger partial charge in [-0.25, -0.2) is 4.98 Å². The molecule has 0 spiro atoms. The first-order valence-electron chi connectivity index (χ1n) is 8.49. The van der Waals surface area contributed by atoms with Gasteiger partial charge in [0.05, 0.1) is 25.8 Å². The zero-order chi connectivity index (χ0) is 17.9. The summed E-state index contributed by atoms with van der Waals surface area (Å²) in [5, 5.41) is 14.0. The van der Waals surface area contributed by atoms with E-state index in [2.05, 4.69) is 25.1 Å². The fraction of sp³-hybridized carbons (Fsp3) is 0.333. The number of nitrogens with one attached hydrogen (secondary N) is 1. The lowest BCUT2D eigenvalue weighted by Crippen LogP contribution is -2.26. The molecule has 26 heavy (non-hydrogen) atoms. The summed E-state index contributed by atoms with van der Waals surface area (Å²) in [7, 11) is 1.64. The average molecular weight is 369 g/mol. The largest absolute Gasteiger partial charge is 0.497 e. The number of carbonyl (C=O) groups is 1. The van der Waals surface area contributed by atoms with Crippen LogP contribution in [0.2, 0.25) is 0 Å². The molecule has 4 rings (SSSR count). The van der Waals surface area contributed by atoms with E-state index in [1.54, 1.807) is 7.11 Å². The van der Waals surface area contributed by atoms with Gasteiger partial charge in [0.1, 0.15) is 16.6 Å². The van der Waals surface area contributed by atoms with Gasteiger partial charge in [-0.05, 0) is 30.7 Å². The third kappa shape index (κ3) is 3.45. The average Bonchev–Trinajstić information content (AvgIpc) is 3.38. The fourth-order valence-electron chi connectivity index (χ4n) is 3.00. The van der Waals surface area contributed by atoms with Crippen LogP contribution in [0.3, 0.4) is 0 Å². The van der Waals surface area contributed by atoms with Crippen LogP contribution in [0.4, 0.5) is 0 Å². The van der Waals surface area contributed by atoms with Crippen molar-refractivity contribution in [3.05, 3.63) is 47.0 Å². The molecule has 3 heterocycles. The van der Waals surface area contributed by atoms with Crippen molar-refractivity contribution in [2.75, 3.05) is 7.11 Å². The molecule has 1 aromatic carbocycles. The number of thiazole rings is 1. The highest BCUT2D eigenvalue weighted by molar-refractivity contribution is 7.13. The van der Waals surface area contributed by atoms with E-state index in [9.17, 15) is 4.79 Å². The topological polar surface area (TPSA) is 81.9 Å². The number of methoxy groups -OCH3 is 1. The van der Waals surface area contributed by atoms with Crippen LogP contribution in [-0.2, 0) is 30.7 Å². The molecule has 0 saturated carbocycles. The number of fused-ring (bicyclic) bond motifs is 1. The van der Waals surface area contributed by atoms with Gasteiger partial charge in [-0.3, -0.25) is 4.79 Å². The number of hydrogen-bond donors (Lipinski definition) is 1. The van der Waals surface area contributed by atoms with Crippen LogP contribution in [0.25, 0.3) is 10.6 Å². The lowest BCUT2D eigenvalue weighted by molar-refractivity contribution is -0.120. The molecule has 1 amide bonds. The summed E-state index contributed by atoms with van der Waals surface area (Å²) in [5.74, 6) is 2.58. The molecule has 0 radical (unpaired) electrons. The predicted molar refractivity (Wildman–Crippen MR) is 98.0 cm³/mol. The molecule has 1 N–H and O–H groups in total. The Labute approximate surface area is 155 Å². The minimum atomic E-state index is -0.0630. The van der Waals surface area contributed by atoms with E-state index >= 15 is 0 Å². The maximum absolute atomic E-state index is 12.2. The molecule has 0 fully saturated rings. The van der Waals surface area contributed by atoms with Gasteiger partial charge in [0.25, 0.3) is 0 Å². The van der Waals surface area contributed by atoms with Gasteiger partial charge in [0, 0.05) is 23.9 Å². The molecule has 8 heteroatoms. The first kappa shape index (κ1) is 16.7. The SMILES string of the molecule is COc1ccc(-c2nc(CC(=O)NCc3nnc4n3CCC4)cs2)cc1. The Kier molecular flexibility index (Phi) is 4.66. The molecule has 0 saturated heterocycles. The van der Waals surface area contributed by atoms with Crippen LogP contribution >= 0.6 is 11.3 Å². The van der Waals surface area contributed by atoms with E-state index in [4.69, 9.17) is 4.74 Å². The summed E-state index contributed by atoms with van der Waals surface area (Å²) < 4.78 is 7.26. The van der Waals surface area contributed by atoms with E-state index in [0.717, 1.165) is 53.0 Å². The van der Waals surface area contributed by atoms with Crippen LogP contribution < -0.4 is 10.1 Å². The van der Waals surface area contributed by atoms with E-state index < -0.39 is 0 Å².